The first-order chi connectivity index (χ1) is 14.9. The van der Waals surface area contributed by atoms with E-state index in [0.29, 0.717) is 0 Å². The average Bonchev–Trinajstić information content (AvgIpc) is 2.83. The number of para-hydroxylation sites is 3. The van der Waals surface area contributed by atoms with Crippen molar-refractivity contribution in [2.45, 2.75) is 0 Å². The maximum absolute atomic E-state index is 4.13. The van der Waals surface area contributed by atoms with Crippen LogP contribution in [0.5, 0.6) is 0 Å². The van der Waals surface area contributed by atoms with Crippen molar-refractivity contribution in [3.63, 3.8) is 0 Å². The van der Waals surface area contributed by atoms with Gasteiger partial charge in [-0.3, -0.25) is 0 Å². The van der Waals surface area contributed by atoms with Crippen LogP contribution in [0.2, 0.25) is 0 Å². The standard InChI is InChI=1S/C28H24N2/c1-2-27(29-24-17-9-4-10-18-24)28(23-15-7-3-8-16-23)30(25-19-11-5-12-20-25)26-21-13-6-14-22-26/h2-22,29H,1H2. The first-order valence-corrected chi connectivity index (χ1v) is 10.0. The Hall–Kier alpha value is -4.04. The number of hydrogen-bond acceptors (Lipinski definition) is 2. The van der Waals surface area contributed by atoms with Crippen LogP contribution in [-0.4, -0.2) is 0 Å². The van der Waals surface area contributed by atoms with Crippen LogP contribution in [0, 0.1) is 0 Å². The lowest BCUT2D eigenvalue weighted by molar-refractivity contribution is 1.26. The molecule has 30 heavy (non-hydrogen) atoms. The Balaban J connectivity index is 1.96. The molecule has 0 amide bonds. The molecular formula is C28H24N2. The van der Waals surface area contributed by atoms with E-state index in [-0.39, 0.29) is 0 Å². The third-order valence-electron chi connectivity index (χ3n) is 4.81. The molecule has 146 valence electrons. The summed E-state index contributed by atoms with van der Waals surface area (Å²) in [4.78, 5) is 2.27. The molecule has 0 unspecified atom stereocenters. The minimum atomic E-state index is 0.931. The largest absolute Gasteiger partial charge is 0.354 e. The summed E-state index contributed by atoms with van der Waals surface area (Å²) in [5, 5.41) is 3.57. The van der Waals surface area contributed by atoms with Crippen molar-refractivity contribution in [2.24, 2.45) is 0 Å². The van der Waals surface area contributed by atoms with Gasteiger partial charge in [-0.25, -0.2) is 0 Å². The summed E-state index contributed by atoms with van der Waals surface area (Å²) in [5.74, 6) is 0. The van der Waals surface area contributed by atoms with Gasteiger partial charge in [0.05, 0.1) is 11.4 Å². The third-order valence-corrected chi connectivity index (χ3v) is 4.81. The van der Waals surface area contributed by atoms with Gasteiger partial charge < -0.3 is 10.2 Å². The van der Waals surface area contributed by atoms with E-state index in [0.717, 1.165) is 34.0 Å². The van der Waals surface area contributed by atoms with Crippen LogP contribution in [0.3, 0.4) is 0 Å². The smallest absolute Gasteiger partial charge is 0.0769 e. The van der Waals surface area contributed by atoms with E-state index >= 15 is 0 Å². The van der Waals surface area contributed by atoms with E-state index in [1.54, 1.807) is 0 Å². The Morgan fingerprint density at radius 1 is 0.600 bits per heavy atom. The van der Waals surface area contributed by atoms with Gasteiger partial charge in [-0.1, -0.05) is 91.5 Å². The number of hydrogen-bond donors (Lipinski definition) is 1. The minimum absolute atomic E-state index is 0.931. The molecule has 0 atom stereocenters. The quantitative estimate of drug-likeness (QED) is 0.330. The Morgan fingerprint density at radius 2 is 1.03 bits per heavy atom. The Labute approximate surface area is 178 Å². The van der Waals surface area contributed by atoms with Gasteiger partial charge in [0, 0.05) is 22.6 Å². The summed E-state index contributed by atoms with van der Waals surface area (Å²) in [6.07, 6.45) is 1.88. The van der Waals surface area contributed by atoms with Crippen molar-refractivity contribution in [2.75, 3.05) is 10.2 Å². The monoisotopic (exact) mass is 388 g/mol. The highest BCUT2D eigenvalue weighted by atomic mass is 15.2. The zero-order chi connectivity index (χ0) is 20.6. The second kappa shape index (κ2) is 9.44. The molecule has 0 spiro atoms. The highest BCUT2D eigenvalue weighted by molar-refractivity contribution is 5.91. The average molecular weight is 389 g/mol. The van der Waals surface area contributed by atoms with Crippen LogP contribution in [0.15, 0.2) is 140 Å². The highest BCUT2D eigenvalue weighted by Gasteiger charge is 2.19. The van der Waals surface area contributed by atoms with Gasteiger partial charge in [0.2, 0.25) is 0 Å². The molecule has 4 aromatic rings. The first kappa shape index (κ1) is 19.3. The molecule has 0 radical (unpaired) electrons. The van der Waals surface area contributed by atoms with E-state index in [2.05, 4.69) is 102 Å². The fourth-order valence-electron chi connectivity index (χ4n) is 3.45. The van der Waals surface area contributed by atoms with Crippen LogP contribution in [0.25, 0.3) is 5.70 Å². The molecular weight excluding hydrogens is 364 g/mol. The van der Waals surface area contributed by atoms with Crippen LogP contribution in [0.1, 0.15) is 5.56 Å². The van der Waals surface area contributed by atoms with E-state index < -0.39 is 0 Å². The zero-order valence-electron chi connectivity index (χ0n) is 16.8. The predicted molar refractivity (Wildman–Crippen MR) is 129 cm³/mol. The lowest BCUT2D eigenvalue weighted by atomic mass is 10.1. The molecule has 1 N–H and O–H groups in total. The summed E-state index contributed by atoms with van der Waals surface area (Å²) < 4.78 is 0. The van der Waals surface area contributed by atoms with Gasteiger partial charge in [-0.05, 0) is 42.5 Å². The van der Waals surface area contributed by atoms with E-state index in [1.807, 2.05) is 42.5 Å². The maximum atomic E-state index is 4.13. The van der Waals surface area contributed by atoms with Crippen molar-refractivity contribution in [3.8, 4) is 0 Å². The molecule has 0 saturated heterocycles. The van der Waals surface area contributed by atoms with Crippen LogP contribution < -0.4 is 10.2 Å². The Bertz CT molecular complexity index is 1060. The second-order valence-corrected chi connectivity index (χ2v) is 6.83. The zero-order valence-corrected chi connectivity index (χ0v) is 16.8. The summed E-state index contributed by atoms with van der Waals surface area (Å²) in [5.41, 5.74) is 6.24. The number of rotatable bonds is 7. The van der Waals surface area contributed by atoms with E-state index in [9.17, 15) is 0 Å². The van der Waals surface area contributed by atoms with Crippen molar-refractivity contribution in [3.05, 3.63) is 145 Å². The van der Waals surface area contributed by atoms with Gasteiger partial charge >= 0.3 is 0 Å². The van der Waals surface area contributed by atoms with Crippen molar-refractivity contribution in [1.29, 1.82) is 0 Å². The van der Waals surface area contributed by atoms with Gasteiger partial charge in [0.15, 0.2) is 0 Å². The van der Waals surface area contributed by atoms with Crippen molar-refractivity contribution >= 4 is 22.8 Å². The molecule has 2 heteroatoms. The predicted octanol–water partition coefficient (Wildman–Crippen LogP) is 7.49. The molecule has 0 bridgehead atoms. The lowest BCUT2D eigenvalue weighted by Crippen LogP contribution is -2.19. The fourth-order valence-corrected chi connectivity index (χ4v) is 3.45. The Morgan fingerprint density at radius 3 is 1.50 bits per heavy atom. The molecule has 4 rings (SSSR count). The molecule has 0 heterocycles. The highest BCUT2D eigenvalue weighted by Crippen LogP contribution is 2.36. The molecule has 0 aliphatic rings. The molecule has 0 aromatic heterocycles. The maximum Gasteiger partial charge on any atom is 0.0769 e. The van der Waals surface area contributed by atoms with Gasteiger partial charge in [0.1, 0.15) is 0 Å². The number of anilines is 3. The van der Waals surface area contributed by atoms with Crippen LogP contribution in [-0.2, 0) is 0 Å². The fraction of sp³-hybridized carbons (Fsp3) is 0. The van der Waals surface area contributed by atoms with Crippen LogP contribution in [0.4, 0.5) is 17.1 Å². The molecule has 0 aliphatic carbocycles. The number of allylic oxidation sites excluding steroid dienone is 1. The van der Waals surface area contributed by atoms with Crippen LogP contribution >= 0.6 is 0 Å². The van der Waals surface area contributed by atoms with Gasteiger partial charge in [-0.2, -0.15) is 0 Å². The SMILES string of the molecule is C=CC(Nc1ccccc1)=C(c1ccccc1)N(c1ccccc1)c1ccccc1. The van der Waals surface area contributed by atoms with E-state index in [4.69, 9.17) is 0 Å². The molecule has 4 aromatic carbocycles. The summed E-state index contributed by atoms with van der Waals surface area (Å²) in [6, 6.07) is 41.4. The minimum Gasteiger partial charge on any atom is -0.354 e. The number of nitrogens with zero attached hydrogens (tertiary/aromatic N) is 1. The summed E-state index contributed by atoms with van der Waals surface area (Å²) in [7, 11) is 0. The number of benzene rings is 4. The van der Waals surface area contributed by atoms with Crippen molar-refractivity contribution < 1.29 is 0 Å². The third kappa shape index (κ3) is 4.34. The molecule has 0 aliphatic heterocycles. The molecule has 0 fully saturated rings. The summed E-state index contributed by atoms with van der Waals surface area (Å²) >= 11 is 0. The van der Waals surface area contributed by atoms with Gasteiger partial charge in [0.25, 0.3) is 0 Å². The Kier molecular flexibility index (Phi) is 6.07. The lowest BCUT2D eigenvalue weighted by Gasteiger charge is -2.30. The molecule has 0 saturated carbocycles. The number of nitrogens with one attached hydrogen (secondary N) is 1. The second-order valence-electron chi connectivity index (χ2n) is 6.83. The molecule has 2 nitrogen and oxygen atoms in total. The van der Waals surface area contributed by atoms with E-state index in [1.165, 1.54) is 0 Å². The first-order valence-electron chi connectivity index (χ1n) is 10.0. The topological polar surface area (TPSA) is 15.3 Å². The van der Waals surface area contributed by atoms with Gasteiger partial charge in [-0.15, -0.1) is 0 Å². The summed E-state index contributed by atoms with van der Waals surface area (Å²) in [6.45, 7) is 4.13. The van der Waals surface area contributed by atoms with Crippen molar-refractivity contribution in [1.82, 2.24) is 0 Å². The normalized spacial score (nSPS) is 11.3.